The third-order valence-electron chi connectivity index (χ3n) is 3.86. The molecule has 0 fully saturated rings. The highest BCUT2D eigenvalue weighted by Crippen LogP contribution is 2.24. The molecule has 3 aromatic rings. The number of pyridine rings is 2. The molecule has 1 N–H and O–H groups in total. The first-order valence-electron chi connectivity index (χ1n) is 6.91. The van der Waals surface area contributed by atoms with E-state index in [9.17, 15) is 19.1 Å². The van der Waals surface area contributed by atoms with Gasteiger partial charge in [0, 0.05) is 17.3 Å². The molecule has 0 bridgehead atoms. The van der Waals surface area contributed by atoms with Crippen molar-refractivity contribution < 1.29 is 14.3 Å². The van der Waals surface area contributed by atoms with Gasteiger partial charge in [-0.3, -0.25) is 14.3 Å². The Kier molecular flexibility index (Phi) is 3.44. The molecule has 3 rings (SSSR count). The molecule has 5 nitrogen and oxygen atoms in total. The Morgan fingerprint density at radius 3 is 2.65 bits per heavy atom. The van der Waals surface area contributed by atoms with Gasteiger partial charge < -0.3 is 5.11 Å². The van der Waals surface area contributed by atoms with Crippen LogP contribution in [0.2, 0.25) is 0 Å². The van der Waals surface area contributed by atoms with Crippen molar-refractivity contribution in [1.82, 2.24) is 9.55 Å². The molecule has 116 valence electrons. The molecule has 0 radical (unpaired) electrons. The van der Waals surface area contributed by atoms with Gasteiger partial charge in [-0.15, -0.1) is 0 Å². The maximum atomic E-state index is 14.2. The van der Waals surface area contributed by atoms with Crippen molar-refractivity contribution in [2.45, 2.75) is 13.8 Å². The first-order valence-corrected chi connectivity index (χ1v) is 6.91. The predicted molar refractivity (Wildman–Crippen MR) is 83.7 cm³/mol. The molecular formula is C17H13FN2O3. The third kappa shape index (κ3) is 2.19. The van der Waals surface area contributed by atoms with Gasteiger partial charge in [-0.05, 0) is 31.5 Å². The molecule has 23 heavy (non-hydrogen) atoms. The number of fused-ring (bicyclic) bond motifs is 1. The summed E-state index contributed by atoms with van der Waals surface area (Å²) < 4.78 is 15.4. The second kappa shape index (κ2) is 5.31. The van der Waals surface area contributed by atoms with E-state index in [0.717, 1.165) is 11.6 Å². The fourth-order valence-corrected chi connectivity index (χ4v) is 2.77. The van der Waals surface area contributed by atoms with Crippen molar-refractivity contribution in [3.63, 3.8) is 0 Å². The lowest BCUT2D eigenvalue weighted by atomic mass is 10.0. The number of benzene rings is 1. The fraction of sp³-hybridized carbons (Fsp3) is 0.118. The van der Waals surface area contributed by atoms with Gasteiger partial charge in [0.2, 0.25) is 0 Å². The van der Waals surface area contributed by atoms with Gasteiger partial charge in [0.05, 0.1) is 22.8 Å². The number of rotatable bonds is 2. The Hall–Kier alpha value is -3.02. The van der Waals surface area contributed by atoms with E-state index in [0.29, 0.717) is 5.69 Å². The summed E-state index contributed by atoms with van der Waals surface area (Å²) >= 11 is 0. The van der Waals surface area contributed by atoms with Crippen molar-refractivity contribution in [3.05, 3.63) is 69.7 Å². The van der Waals surface area contributed by atoms with Gasteiger partial charge in [0.15, 0.2) is 0 Å². The molecule has 2 aromatic heterocycles. The lowest BCUT2D eigenvalue weighted by molar-refractivity contribution is 0.0697. The summed E-state index contributed by atoms with van der Waals surface area (Å²) in [6.07, 6.45) is 3.03. The number of carboxylic acid groups (broad SMARTS) is 1. The summed E-state index contributed by atoms with van der Waals surface area (Å²) in [4.78, 5) is 28.5. The molecule has 0 spiro atoms. The van der Waals surface area contributed by atoms with Crippen LogP contribution in [0.3, 0.4) is 0 Å². The molecule has 6 heteroatoms. The summed E-state index contributed by atoms with van der Waals surface area (Å²) in [5.74, 6) is -1.96. The van der Waals surface area contributed by atoms with Crippen molar-refractivity contribution in [3.8, 4) is 5.69 Å². The molecule has 0 saturated heterocycles. The normalized spacial score (nSPS) is 10.9. The number of halogens is 1. The highest BCUT2D eigenvalue weighted by atomic mass is 19.1. The van der Waals surface area contributed by atoms with Crippen LogP contribution in [0, 0.1) is 19.7 Å². The lowest BCUT2D eigenvalue weighted by Crippen LogP contribution is -2.25. The fourth-order valence-electron chi connectivity index (χ4n) is 2.77. The first kappa shape index (κ1) is 14.9. The quantitative estimate of drug-likeness (QED) is 0.790. The number of aryl methyl sites for hydroxylation is 1. The Balaban J connectivity index is 2.59. The highest BCUT2D eigenvalue weighted by Gasteiger charge is 2.22. The van der Waals surface area contributed by atoms with Gasteiger partial charge in [0.1, 0.15) is 5.82 Å². The molecule has 0 aliphatic heterocycles. The number of carboxylic acids is 1. The molecule has 0 unspecified atom stereocenters. The minimum atomic E-state index is -1.21. The Labute approximate surface area is 130 Å². The van der Waals surface area contributed by atoms with Crippen molar-refractivity contribution in [2.24, 2.45) is 0 Å². The number of hydrogen-bond donors (Lipinski definition) is 1. The zero-order valence-corrected chi connectivity index (χ0v) is 12.5. The molecule has 0 saturated carbocycles. The van der Waals surface area contributed by atoms with Crippen LogP contribution in [-0.2, 0) is 0 Å². The zero-order valence-electron chi connectivity index (χ0n) is 12.5. The SMILES string of the molecule is Cc1ccncc1-n1c(C)c(C(=O)O)c2cccc(F)c2c1=O. The number of aromatic carboxylic acids is 1. The van der Waals surface area contributed by atoms with E-state index in [4.69, 9.17) is 0 Å². The van der Waals surface area contributed by atoms with E-state index in [2.05, 4.69) is 4.98 Å². The molecule has 0 atom stereocenters. The van der Waals surface area contributed by atoms with Crippen molar-refractivity contribution in [2.75, 3.05) is 0 Å². The van der Waals surface area contributed by atoms with E-state index in [1.807, 2.05) is 0 Å². The average molecular weight is 312 g/mol. The summed E-state index contributed by atoms with van der Waals surface area (Å²) in [7, 11) is 0. The summed E-state index contributed by atoms with van der Waals surface area (Å²) in [5, 5.41) is 9.39. The maximum absolute atomic E-state index is 14.2. The highest BCUT2D eigenvalue weighted by molar-refractivity contribution is 6.04. The van der Waals surface area contributed by atoms with E-state index in [-0.39, 0.29) is 22.0 Å². The number of nitrogens with zero attached hydrogens (tertiary/aromatic N) is 2. The van der Waals surface area contributed by atoms with Crippen molar-refractivity contribution in [1.29, 1.82) is 0 Å². The first-order chi connectivity index (χ1) is 10.9. The molecule has 1 aromatic carbocycles. The Morgan fingerprint density at radius 2 is 2.00 bits per heavy atom. The molecular weight excluding hydrogens is 299 g/mol. The Bertz CT molecular complexity index is 1010. The van der Waals surface area contributed by atoms with Crippen LogP contribution in [0.1, 0.15) is 21.6 Å². The van der Waals surface area contributed by atoms with Crippen LogP contribution < -0.4 is 5.56 Å². The average Bonchev–Trinajstić information content (AvgIpc) is 2.48. The minimum Gasteiger partial charge on any atom is -0.478 e. The second-order valence-electron chi connectivity index (χ2n) is 5.23. The Morgan fingerprint density at radius 1 is 1.26 bits per heavy atom. The smallest absolute Gasteiger partial charge is 0.338 e. The van der Waals surface area contributed by atoms with E-state index < -0.39 is 17.3 Å². The summed E-state index contributed by atoms with van der Waals surface area (Å²) in [6, 6.07) is 5.68. The van der Waals surface area contributed by atoms with Crippen LogP contribution in [0.4, 0.5) is 4.39 Å². The molecule has 0 aliphatic rings. The third-order valence-corrected chi connectivity index (χ3v) is 3.86. The minimum absolute atomic E-state index is 0.0950. The topological polar surface area (TPSA) is 72.2 Å². The second-order valence-corrected chi connectivity index (χ2v) is 5.23. The van der Waals surface area contributed by atoms with Crippen molar-refractivity contribution >= 4 is 16.7 Å². The predicted octanol–water partition coefficient (Wildman–Crippen LogP) is 2.84. The maximum Gasteiger partial charge on any atom is 0.338 e. The van der Waals surface area contributed by atoms with Gasteiger partial charge in [-0.1, -0.05) is 12.1 Å². The number of carbonyl (C=O) groups is 1. The van der Waals surface area contributed by atoms with E-state index >= 15 is 0 Å². The molecule has 2 heterocycles. The number of hydrogen-bond acceptors (Lipinski definition) is 3. The summed E-state index contributed by atoms with van der Waals surface area (Å²) in [6.45, 7) is 3.30. The van der Waals surface area contributed by atoms with E-state index in [1.165, 1.54) is 29.8 Å². The van der Waals surface area contributed by atoms with Gasteiger partial charge >= 0.3 is 5.97 Å². The van der Waals surface area contributed by atoms with E-state index in [1.54, 1.807) is 19.2 Å². The van der Waals surface area contributed by atoms with Gasteiger partial charge in [0.25, 0.3) is 5.56 Å². The zero-order chi connectivity index (χ0) is 16.7. The van der Waals surface area contributed by atoms with Gasteiger partial charge in [-0.2, -0.15) is 0 Å². The van der Waals surface area contributed by atoms with Crippen LogP contribution in [0.5, 0.6) is 0 Å². The van der Waals surface area contributed by atoms with Gasteiger partial charge in [-0.25, -0.2) is 9.18 Å². The lowest BCUT2D eigenvalue weighted by Gasteiger charge is -2.16. The largest absolute Gasteiger partial charge is 0.478 e. The van der Waals surface area contributed by atoms with Crippen LogP contribution in [0.15, 0.2) is 41.5 Å². The summed E-state index contributed by atoms with van der Waals surface area (Å²) in [5.41, 5.74) is 0.704. The van der Waals surface area contributed by atoms with Crippen LogP contribution in [0.25, 0.3) is 16.5 Å². The number of aromatic nitrogens is 2. The molecule has 0 aliphatic carbocycles. The monoisotopic (exact) mass is 312 g/mol. The van der Waals surface area contributed by atoms with Crippen LogP contribution >= 0.6 is 0 Å². The molecule has 0 amide bonds. The van der Waals surface area contributed by atoms with Crippen LogP contribution in [-0.4, -0.2) is 20.6 Å². The standard InChI is InChI=1S/C17H13FN2O3/c1-9-6-7-19-8-13(9)20-10(2)14(17(22)23)11-4-3-5-12(18)15(11)16(20)21/h3-8H,1-2H3,(H,22,23).